The van der Waals surface area contributed by atoms with Crippen LogP contribution in [-0.4, -0.2) is 4.98 Å². The van der Waals surface area contributed by atoms with E-state index in [0.717, 1.165) is 5.56 Å². The second-order valence-corrected chi connectivity index (χ2v) is 4.69. The van der Waals surface area contributed by atoms with Crippen molar-refractivity contribution < 1.29 is 17.6 Å². The van der Waals surface area contributed by atoms with Gasteiger partial charge in [0.2, 0.25) is 0 Å². The molecule has 0 saturated heterocycles. The molecule has 3 aromatic rings. The minimum absolute atomic E-state index is 0.320. The van der Waals surface area contributed by atoms with Crippen molar-refractivity contribution in [2.24, 2.45) is 0 Å². The number of rotatable bonds is 0. The van der Waals surface area contributed by atoms with Crippen LogP contribution in [0.5, 0.6) is 0 Å². The predicted octanol–water partition coefficient (Wildman–Crippen LogP) is 4.56. The molecule has 0 amide bonds. The highest BCUT2D eigenvalue weighted by Gasteiger charge is 2.23. The van der Waals surface area contributed by atoms with E-state index in [2.05, 4.69) is 4.98 Å². The van der Waals surface area contributed by atoms with Gasteiger partial charge in [0.05, 0.1) is 5.52 Å². The van der Waals surface area contributed by atoms with Crippen molar-refractivity contribution >= 4 is 21.8 Å². The molecule has 3 rings (SSSR count). The van der Waals surface area contributed by atoms with E-state index in [-0.39, 0.29) is 5.39 Å². The number of pyridine rings is 1. The largest absolute Gasteiger partial charge is 0.244 e. The summed E-state index contributed by atoms with van der Waals surface area (Å²) < 4.78 is 54.4. The van der Waals surface area contributed by atoms with Gasteiger partial charge in [-0.3, -0.25) is 0 Å². The number of halogens is 4. The standard InChI is InChI=1S/C15H9F4N/c1-6-4-3-5-8-7(2)9-10(16)11(17)12(18)13(19)15(9)20-14(6)8/h3-5H,1-2H3. The summed E-state index contributed by atoms with van der Waals surface area (Å²) in [4.78, 5) is 3.98. The summed E-state index contributed by atoms with van der Waals surface area (Å²) in [6, 6.07) is 5.18. The Hall–Kier alpha value is -2.17. The molecule has 0 saturated carbocycles. The van der Waals surface area contributed by atoms with E-state index in [1.165, 1.54) is 6.92 Å². The smallest absolute Gasteiger partial charge is 0.199 e. The lowest BCUT2D eigenvalue weighted by Gasteiger charge is -2.11. The molecule has 0 fully saturated rings. The maximum absolute atomic E-state index is 13.9. The van der Waals surface area contributed by atoms with Crippen molar-refractivity contribution in [3.63, 3.8) is 0 Å². The lowest BCUT2D eigenvalue weighted by atomic mass is 10.0. The first-order valence-electron chi connectivity index (χ1n) is 5.95. The van der Waals surface area contributed by atoms with Crippen LogP contribution in [0, 0.1) is 37.1 Å². The van der Waals surface area contributed by atoms with Crippen LogP contribution in [0.2, 0.25) is 0 Å². The Morgan fingerprint density at radius 3 is 2.15 bits per heavy atom. The Morgan fingerprint density at radius 2 is 1.45 bits per heavy atom. The van der Waals surface area contributed by atoms with Gasteiger partial charge < -0.3 is 0 Å². The molecule has 0 N–H and O–H groups in total. The summed E-state index contributed by atoms with van der Waals surface area (Å²) in [6.45, 7) is 3.29. The predicted molar refractivity (Wildman–Crippen MR) is 68.6 cm³/mol. The van der Waals surface area contributed by atoms with Gasteiger partial charge in [-0.25, -0.2) is 22.5 Å². The van der Waals surface area contributed by atoms with E-state index in [0.29, 0.717) is 16.5 Å². The summed E-state index contributed by atoms with van der Waals surface area (Å²) in [5.41, 5.74) is 1.04. The summed E-state index contributed by atoms with van der Waals surface area (Å²) in [6.07, 6.45) is 0. The fourth-order valence-corrected chi connectivity index (χ4v) is 2.42. The van der Waals surface area contributed by atoms with E-state index in [9.17, 15) is 17.6 Å². The molecule has 1 aromatic heterocycles. The van der Waals surface area contributed by atoms with Gasteiger partial charge >= 0.3 is 0 Å². The molecule has 1 nitrogen and oxygen atoms in total. The number of hydrogen-bond acceptors (Lipinski definition) is 1. The SMILES string of the molecule is Cc1cccc2c(C)c3c(F)c(F)c(F)c(F)c3nc12. The molecule has 2 aromatic carbocycles. The summed E-state index contributed by atoms with van der Waals surface area (Å²) in [7, 11) is 0. The maximum atomic E-state index is 13.9. The second kappa shape index (κ2) is 4.16. The van der Waals surface area contributed by atoms with Crippen molar-refractivity contribution in [3.8, 4) is 0 Å². The lowest BCUT2D eigenvalue weighted by molar-refractivity contribution is 0.417. The van der Waals surface area contributed by atoms with Gasteiger partial charge in [-0.2, -0.15) is 0 Å². The molecule has 0 aliphatic carbocycles. The first-order chi connectivity index (χ1) is 9.43. The molecule has 0 aliphatic heterocycles. The summed E-state index contributed by atoms with van der Waals surface area (Å²) >= 11 is 0. The van der Waals surface area contributed by atoms with E-state index >= 15 is 0 Å². The molecule has 1 heterocycles. The van der Waals surface area contributed by atoms with Crippen LogP contribution in [-0.2, 0) is 0 Å². The van der Waals surface area contributed by atoms with E-state index in [1.54, 1.807) is 25.1 Å². The number of fused-ring (bicyclic) bond motifs is 2. The Bertz CT molecular complexity index is 871. The number of aryl methyl sites for hydroxylation is 2. The minimum Gasteiger partial charge on any atom is -0.244 e. The van der Waals surface area contributed by atoms with Crippen LogP contribution >= 0.6 is 0 Å². The van der Waals surface area contributed by atoms with Crippen LogP contribution in [0.25, 0.3) is 21.8 Å². The van der Waals surface area contributed by atoms with Gasteiger partial charge in [-0.05, 0) is 25.0 Å². The highest BCUT2D eigenvalue weighted by atomic mass is 19.2. The zero-order chi connectivity index (χ0) is 14.6. The van der Waals surface area contributed by atoms with Crippen LogP contribution in [0.4, 0.5) is 17.6 Å². The average Bonchev–Trinajstić information content (AvgIpc) is 2.43. The zero-order valence-corrected chi connectivity index (χ0v) is 10.7. The Morgan fingerprint density at radius 1 is 0.800 bits per heavy atom. The van der Waals surface area contributed by atoms with Gasteiger partial charge in [0, 0.05) is 10.8 Å². The highest BCUT2D eigenvalue weighted by molar-refractivity contribution is 5.98. The van der Waals surface area contributed by atoms with E-state index in [1.807, 2.05) is 0 Å². The molecule has 0 radical (unpaired) electrons. The van der Waals surface area contributed by atoms with Crippen LogP contribution < -0.4 is 0 Å². The van der Waals surface area contributed by atoms with Gasteiger partial charge in [-0.1, -0.05) is 18.2 Å². The van der Waals surface area contributed by atoms with Crippen molar-refractivity contribution in [3.05, 3.63) is 52.6 Å². The molecule has 20 heavy (non-hydrogen) atoms. The third-order valence-corrected chi connectivity index (χ3v) is 3.48. The minimum atomic E-state index is -1.84. The second-order valence-electron chi connectivity index (χ2n) is 4.69. The van der Waals surface area contributed by atoms with Gasteiger partial charge in [-0.15, -0.1) is 0 Å². The molecule has 0 atom stereocenters. The molecular weight excluding hydrogens is 270 g/mol. The first-order valence-corrected chi connectivity index (χ1v) is 5.95. The van der Waals surface area contributed by atoms with Crippen molar-refractivity contribution in [2.45, 2.75) is 13.8 Å². The van der Waals surface area contributed by atoms with Gasteiger partial charge in [0.25, 0.3) is 0 Å². The fraction of sp³-hybridized carbons (Fsp3) is 0.133. The van der Waals surface area contributed by atoms with Crippen molar-refractivity contribution in [2.75, 3.05) is 0 Å². The number of benzene rings is 2. The van der Waals surface area contributed by atoms with Crippen LogP contribution in [0.15, 0.2) is 18.2 Å². The Balaban J connectivity index is 2.68. The van der Waals surface area contributed by atoms with Gasteiger partial charge in [0.1, 0.15) is 5.52 Å². The number of para-hydroxylation sites is 1. The third-order valence-electron chi connectivity index (χ3n) is 3.48. The molecular formula is C15H9F4N. The molecule has 0 bridgehead atoms. The topological polar surface area (TPSA) is 12.9 Å². The summed E-state index contributed by atoms with van der Waals surface area (Å²) in [5.74, 6) is -6.53. The number of hydrogen-bond donors (Lipinski definition) is 0. The fourth-order valence-electron chi connectivity index (χ4n) is 2.42. The quantitative estimate of drug-likeness (QED) is 0.254. The Kier molecular flexibility index (Phi) is 2.67. The van der Waals surface area contributed by atoms with Crippen LogP contribution in [0.3, 0.4) is 0 Å². The third kappa shape index (κ3) is 1.52. The highest BCUT2D eigenvalue weighted by Crippen LogP contribution is 2.32. The van der Waals surface area contributed by atoms with Gasteiger partial charge in [0.15, 0.2) is 23.3 Å². The number of aromatic nitrogens is 1. The van der Waals surface area contributed by atoms with E-state index < -0.39 is 28.8 Å². The molecule has 0 aliphatic rings. The monoisotopic (exact) mass is 279 g/mol. The average molecular weight is 279 g/mol. The van der Waals surface area contributed by atoms with Crippen molar-refractivity contribution in [1.82, 2.24) is 4.98 Å². The molecule has 0 spiro atoms. The molecule has 5 heteroatoms. The lowest BCUT2D eigenvalue weighted by Crippen LogP contribution is -2.02. The van der Waals surface area contributed by atoms with E-state index in [4.69, 9.17) is 0 Å². The van der Waals surface area contributed by atoms with Crippen LogP contribution in [0.1, 0.15) is 11.1 Å². The maximum Gasteiger partial charge on any atom is 0.199 e. The zero-order valence-electron chi connectivity index (χ0n) is 10.7. The normalized spacial score (nSPS) is 11.5. The Labute approximate surface area is 111 Å². The number of nitrogens with zero attached hydrogens (tertiary/aromatic N) is 1. The summed E-state index contributed by atoms with van der Waals surface area (Å²) in [5, 5.41) is 0.265. The molecule has 102 valence electrons. The van der Waals surface area contributed by atoms with Crippen molar-refractivity contribution in [1.29, 1.82) is 0 Å². The molecule has 0 unspecified atom stereocenters. The first kappa shape index (κ1) is 12.8.